The first kappa shape index (κ1) is 17.0. The van der Waals surface area contributed by atoms with Gasteiger partial charge in [0.1, 0.15) is 5.02 Å². The molecule has 0 unspecified atom stereocenters. The zero-order valence-electron chi connectivity index (χ0n) is 14.9. The monoisotopic (exact) mass is 372 g/mol. The Labute approximate surface area is 156 Å². The van der Waals surface area contributed by atoms with Gasteiger partial charge >= 0.3 is 0 Å². The van der Waals surface area contributed by atoms with Crippen molar-refractivity contribution in [2.75, 3.05) is 13.1 Å². The molecule has 8 heteroatoms. The van der Waals surface area contributed by atoms with Crippen LogP contribution in [0.5, 0.6) is 0 Å². The molecule has 1 amide bonds. The third-order valence-corrected chi connectivity index (χ3v) is 5.35. The second-order valence-corrected chi connectivity index (χ2v) is 7.19. The summed E-state index contributed by atoms with van der Waals surface area (Å²) >= 11 is 6.40. The maximum absolute atomic E-state index is 13.1. The molecule has 0 aliphatic carbocycles. The predicted octanol–water partition coefficient (Wildman–Crippen LogP) is 3.00. The Hall–Kier alpha value is -2.41. The highest BCUT2D eigenvalue weighted by atomic mass is 35.5. The lowest BCUT2D eigenvalue weighted by atomic mass is 9.92. The van der Waals surface area contributed by atoms with Crippen LogP contribution in [0.4, 0.5) is 0 Å². The first-order chi connectivity index (χ1) is 12.6. The van der Waals surface area contributed by atoms with Crippen LogP contribution >= 0.6 is 11.6 Å². The highest BCUT2D eigenvalue weighted by Crippen LogP contribution is 2.30. The summed E-state index contributed by atoms with van der Waals surface area (Å²) in [5.41, 5.74) is 4.10. The molecule has 0 saturated carbocycles. The third-order valence-electron chi connectivity index (χ3n) is 5.00. The number of nitrogens with one attached hydrogen (secondary N) is 1. The Bertz CT molecular complexity index is 962. The molecule has 1 aliphatic rings. The second kappa shape index (κ2) is 6.72. The van der Waals surface area contributed by atoms with E-state index in [4.69, 9.17) is 11.6 Å². The smallest absolute Gasteiger partial charge is 0.276 e. The number of aryl methyl sites for hydroxylation is 2. The Morgan fingerprint density at radius 1 is 1.42 bits per heavy atom. The number of carbonyl (C=O) groups excluding carboxylic acids is 1. The molecular formula is C18H21ClN6O. The number of aromatic nitrogens is 5. The van der Waals surface area contributed by atoms with Gasteiger partial charge in [-0.3, -0.25) is 9.89 Å². The Kier molecular flexibility index (Phi) is 4.40. The fourth-order valence-corrected chi connectivity index (χ4v) is 3.89. The molecular weight excluding hydrogens is 352 g/mol. The van der Waals surface area contributed by atoms with E-state index >= 15 is 0 Å². The number of halogens is 1. The summed E-state index contributed by atoms with van der Waals surface area (Å²) in [7, 11) is 0. The van der Waals surface area contributed by atoms with Crippen molar-refractivity contribution >= 4 is 23.2 Å². The number of piperidine rings is 1. The molecule has 1 atom stereocenters. The van der Waals surface area contributed by atoms with Crippen molar-refractivity contribution in [2.24, 2.45) is 0 Å². The van der Waals surface area contributed by atoms with Gasteiger partial charge in [-0.15, -0.1) is 0 Å². The number of hydrogen-bond acceptors (Lipinski definition) is 4. The topological polar surface area (TPSA) is 79.2 Å². The molecule has 0 aromatic carbocycles. The number of fused-ring (bicyclic) bond motifs is 1. The molecule has 0 spiro atoms. The molecule has 26 heavy (non-hydrogen) atoms. The van der Waals surface area contributed by atoms with E-state index in [1.54, 1.807) is 10.7 Å². The van der Waals surface area contributed by atoms with E-state index in [2.05, 4.69) is 27.2 Å². The minimum atomic E-state index is -0.139. The lowest BCUT2D eigenvalue weighted by Crippen LogP contribution is -2.39. The summed E-state index contributed by atoms with van der Waals surface area (Å²) in [6, 6.07) is 0. The molecule has 1 N–H and O–H groups in total. The van der Waals surface area contributed by atoms with Gasteiger partial charge in [-0.25, -0.2) is 9.50 Å². The normalized spacial score (nSPS) is 17.8. The van der Waals surface area contributed by atoms with E-state index in [1.165, 1.54) is 5.56 Å². The quantitative estimate of drug-likeness (QED) is 0.766. The van der Waals surface area contributed by atoms with E-state index in [0.717, 1.165) is 30.5 Å². The highest BCUT2D eigenvalue weighted by molar-refractivity contribution is 6.36. The Morgan fingerprint density at radius 2 is 2.27 bits per heavy atom. The van der Waals surface area contributed by atoms with E-state index in [0.29, 0.717) is 23.8 Å². The van der Waals surface area contributed by atoms with Crippen LogP contribution in [0.1, 0.15) is 53.0 Å². The first-order valence-corrected chi connectivity index (χ1v) is 9.28. The van der Waals surface area contributed by atoms with Gasteiger partial charge in [-0.1, -0.05) is 18.5 Å². The van der Waals surface area contributed by atoms with Crippen molar-refractivity contribution in [3.63, 3.8) is 0 Å². The molecule has 4 rings (SSSR count). The summed E-state index contributed by atoms with van der Waals surface area (Å²) in [5.74, 6) is 0.127. The average molecular weight is 373 g/mol. The summed E-state index contributed by atoms with van der Waals surface area (Å²) in [6.07, 6.45) is 8.34. The number of aromatic amines is 1. The summed E-state index contributed by atoms with van der Waals surface area (Å²) in [4.78, 5) is 19.2. The van der Waals surface area contributed by atoms with E-state index in [9.17, 15) is 4.79 Å². The van der Waals surface area contributed by atoms with Crippen LogP contribution in [0.2, 0.25) is 5.02 Å². The van der Waals surface area contributed by atoms with Crippen molar-refractivity contribution in [3.8, 4) is 0 Å². The summed E-state index contributed by atoms with van der Waals surface area (Å²) in [6.45, 7) is 5.40. The van der Waals surface area contributed by atoms with Gasteiger partial charge in [-0.05, 0) is 37.3 Å². The number of hydrogen-bond donors (Lipinski definition) is 1. The van der Waals surface area contributed by atoms with Crippen LogP contribution < -0.4 is 0 Å². The molecule has 1 saturated heterocycles. The van der Waals surface area contributed by atoms with Crippen LogP contribution in [0, 0.1) is 6.92 Å². The molecule has 7 nitrogen and oxygen atoms in total. The van der Waals surface area contributed by atoms with Gasteiger partial charge in [0.2, 0.25) is 0 Å². The van der Waals surface area contributed by atoms with Crippen molar-refractivity contribution in [1.29, 1.82) is 0 Å². The number of H-pyrrole nitrogens is 1. The van der Waals surface area contributed by atoms with Crippen LogP contribution in [-0.2, 0) is 6.42 Å². The van der Waals surface area contributed by atoms with Crippen LogP contribution in [0.15, 0.2) is 18.6 Å². The largest absolute Gasteiger partial charge is 0.337 e. The number of rotatable bonds is 3. The first-order valence-electron chi connectivity index (χ1n) is 8.90. The van der Waals surface area contributed by atoms with E-state index in [-0.39, 0.29) is 17.5 Å². The molecule has 3 aromatic heterocycles. The zero-order valence-corrected chi connectivity index (χ0v) is 15.6. The van der Waals surface area contributed by atoms with Crippen molar-refractivity contribution in [2.45, 2.75) is 39.0 Å². The molecule has 1 aliphatic heterocycles. The van der Waals surface area contributed by atoms with Gasteiger partial charge in [0, 0.05) is 37.1 Å². The predicted molar refractivity (Wildman–Crippen MR) is 98.6 cm³/mol. The maximum Gasteiger partial charge on any atom is 0.276 e. The summed E-state index contributed by atoms with van der Waals surface area (Å²) in [5, 5.41) is 12.0. The number of amides is 1. The van der Waals surface area contributed by atoms with Crippen LogP contribution in [0.3, 0.4) is 0 Å². The standard InChI is InChI=1S/C18H21ClN6O/c1-3-12-8-21-22-15(12)13-5-4-6-24(10-13)18(26)16-14(19)17-20-7-11(2)9-25(17)23-16/h7-9,13H,3-6,10H2,1-2H3,(H,21,22)/t13-/m0/s1. The van der Waals surface area contributed by atoms with Crippen molar-refractivity contribution in [3.05, 3.63) is 46.1 Å². The number of nitrogens with zero attached hydrogens (tertiary/aromatic N) is 5. The van der Waals surface area contributed by atoms with Gasteiger partial charge in [0.15, 0.2) is 11.3 Å². The minimum absolute atomic E-state index is 0.139. The van der Waals surface area contributed by atoms with Crippen LogP contribution in [0.25, 0.3) is 5.65 Å². The fraction of sp³-hybridized carbons (Fsp3) is 0.444. The van der Waals surface area contributed by atoms with Gasteiger partial charge < -0.3 is 4.90 Å². The Morgan fingerprint density at radius 3 is 3.08 bits per heavy atom. The lowest BCUT2D eigenvalue weighted by Gasteiger charge is -2.32. The third kappa shape index (κ3) is 2.86. The molecule has 0 radical (unpaired) electrons. The lowest BCUT2D eigenvalue weighted by molar-refractivity contribution is 0.0699. The highest BCUT2D eigenvalue weighted by Gasteiger charge is 2.30. The SMILES string of the molecule is CCc1cn[nH]c1[C@H]1CCCN(C(=O)c2nn3cc(C)cnc3c2Cl)C1. The molecule has 136 valence electrons. The molecule has 1 fully saturated rings. The minimum Gasteiger partial charge on any atom is -0.337 e. The van der Waals surface area contributed by atoms with Crippen molar-refractivity contribution in [1.82, 2.24) is 29.7 Å². The Balaban J connectivity index is 1.61. The molecule has 0 bridgehead atoms. The second-order valence-electron chi connectivity index (χ2n) is 6.81. The van der Waals surface area contributed by atoms with E-state index < -0.39 is 0 Å². The zero-order chi connectivity index (χ0) is 18.3. The van der Waals surface area contributed by atoms with Crippen LogP contribution in [-0.4, -0.2) is 48.7 Å². The summed E-state index contributed by atoms with van der Waals surface area (Å²) < 4.78 is 1.58. The van der Waals surface area contributed by atoms with Crippen molar-refractivity contribution < 1.29 is 4.79 Å². The van der Waals surface area contributed by atoms with Gasteiger partial charge in [0.05, 0.1) is 6.20 Å². The molecule has 3 aromatic rings. The average Bonchev–Trinajstić information content (AvgIpc) is 3.25. The number of carbonyl (C=O) groups is 1. The van der Waals surface area contributed by atoms with E-state index in [1.807, 2.05) is 24.2 Å². The van der Waals surface area contributed by atoms with Gasteiger partial charge in [-0.2, -0.15) is 10.2 Å². The molecule has 4 heterocycles. The van der Waals surface area contributed by atoms with Gasteiger partial charge in [0.25, 0.3) is 5.91 Å². The fourth-order valence-electron chi connectivity index (χ4n) is 3.64. The number of likely N-dealkylation sites (tertiary alicyclic amines) is 1. The maximum atomic E-state index is 13.1.